The van der Waals surface area contributed by atoms with Gasteiger partial charge < -0.3 is 34.6 Å². The van der Waals surface area contributed by atoms with Gasteiger partial charge in [0.1, 0.15) is 17.3 Å². The van der Waals surface area contributed by atoms with E-state index in [2.05, 4.69) is 47.2 Å². The number of rotatable bonds is 10. The second kappa shape index (κ2) is 15.3. The predicted molar refractivity (Wildman–Crippen MR) is 178 cm³/mol. The van der Waals surface area contributed by atoms with Crippen LogP contribution < -0.4 is 29.9 Å². The fourth-order valence-electron chi connectivity index (χ4n) is 6.80. The monoisotopic (exact) mass is 668 g/mol. The molecule has 0 bridgehead atoms. The smallest absolute Gasteiger partial charge is 0.494 e. The summed E-state index contributed by atoms with van der Waals surface area (Å²) >= 11 is 0. The van der Waals surface area contributed by atoms with Crippen molar-refractivity contribution in [2.75, 3.05) is 74.7 Å². The Morgan fingerprint density at radius 3 is 2.42 bits per heavy atom. The van der Waals surface area contributed by atoms with Crippen molar-refractivity contribution in [2.24, 2.45) is 5.92 Å². The van der Waals surface area contributed by atoms with Crippen LogP contribution in [0.4, 0.5) is 36.1 Å². The van der Waals surface area contributed by atoms with Gasteiger partial charge in [-0.1, -0.05) is 12.1 Å². The van der Waals surface area contributed by atoms with E-state index in [1.54, 1.807) is 13.3 Å². The van der Waals surface area contributed by atoms with Gasteiger partial charge in [-0.3, -0.25) is 9.69 Å². The predicted octanol–water partition coefficient (Wildman–Crippen LogP) is 5.57. The molecule has 6 rings (SSSR count). The largest absolute Gasteiger partial charge is 0.573 e. The minimum Gasteiger partial charge on any atom is -0.494 e. The summed E-state index contributed by atoms with van der Waals surface area (Å²) in [4.78, 5) is 24.8. The molecule has 2 aromatic carbocycles. The summed E-state index contributed by atoms with van der Waals surface area (Å²) in [6.45, 7) is 7.30. The molecule has 3 aromatic rings. The molecular formula is C35H43F3N6O4. The molecule has 0 unspecified atom stereocenters. The minimum atomic E-state index is -4.74. The third kappa shape index (κ3) is 8.81. The van der Waals surface area contributed by atoms with E-state index in [9.17, 15) is 18.0 Å². The number of halogens is 3. The topological polar surface area (TPSA) is 91.4 Å². The van der Waals surface area contributed by atoms with Crippen LogP contribution >= 0.6 is 0 Å². The lowest BCUT2D eigenvalue weighted by Crippen LogP contribution is -2.49. The van der Waals surface area contributed by atoms with Crippen molar-refractivity contribution < 1.29 is 32.2 Å². The van der Waals surface area contributed by atoms with Crippen LogP contribution in [0.15, 0.2) is 60.8 Å². The zero-order valence-corrected chi connectivity index (χ0v) is 27.2. The third-order valence-electron chi connectivity index (χ3n) is 9.36. The van der Waals surface area contributed by atoms with Gasteiger partial charge in [-0.25, -0.2) is 4.98 Å². The zero-order valence-electron chi connectivity index (χ0n) is 27.2. The average Bonchev–Trinajstić information content (AvgIpc) is 3.11. The van der Waals surface area contributed by atoms with E-state index in [4.69, 9.17) is 9.47 Å². The van der Waals surface area contributed by atoms with Gasteiger partial charge in [0.15, 0.2) is 0 Å². The Morgan fingerprint density at radius 2 is 1.69 bits per heavy atom. The van der Waals surface area contributed by atoms with Crippen molar-refractivity contribution in [2.45, 2.75) is 44.6 Å². The molecule has 258 valence electrons. The number of piperidine rings is 2. The van der Waals surface area contributed by atoms with E-state index in [-0.39, 0.29) is 24.1 Å². The van der Waals surface area contributed by atoms with E-state index in [0.717, 1.165) is 94.4 Å². The van der Waals surface area contributed by atoms with Crippen molar-refractivity contribution in [3.05, 3.63) is 66.4 Å². The summed E-state index contributed by atoms with van der Waals surface area (Å²) < 4.78 is 52.5. The van der Waals surface area contributed by atoms with E-state index in [0.29, 0.717) is 24.0 Å². The number of nitrogens with one attached hydrogen (secondary N) is 2. The lowest BCUT2D eigenvalue weighted by Gasteiger charge is -2.40. The number of anilines is 4. The molecule has 1 amide bonds. The number of pyridine rings is 1. The number of ether oxygens (including phenoxy) is 3. The molecule has 0 spiro atoms. The number of carbonyl (C=O) groups excluding carboxylic acids is 1. The first-order chi connectivity index (χ1) is 23.2. The Balaban J connectivity index is 1.02. The Morgan fingerprint density at radius 1 is 0.938 bits per heavy atom. The Bertz CT molecular complexity index is 1510. The maximum Gasteiger partial charge on any atom is 0.573 e. The van der Waals surface area contributed by atoms with Crippen molar-refractivity contribution in [3.63, 3.8) is 0 Å². The summed E-state index contributed by atoms with van der Waals surface area (Å²) in [6, 6.07) is 16.3. The van der Waals surface area contributed by atoms with Crippen LogP contribution in [0.2, 0.25) is 0 Å². The van der Waals surface area contributed by atoms with Crippen LogP contribution in [0.1, 0.15) is 31.2 Å². The summed E-state index contributed by atoms with van der Waals surface area (Å²) in [5.74, 6) is 0.819. The molecule has 3 aliphatic rings. The van der Waals surface area contributed by atoms with Crippen molar-refractivity contribution >= 4 is 28.8 Å². The van der Waals surface area contributed by atoms with E-state index in [1.165, 1.54) is 24.3 Å². The molecular weight excluding hydrogens is 625 g/mol. The molecule has 0 saturated carbocycles. The molecule has 2 N–H and O–H groups in total. The fraction of sp³-hybridized carbons (Fsp3) is 0.486. The summed E-state index contributed by atoms with van der Waals surface area (Å²) in [5.41, 5.74) is 3.61. The first-order valence-electron chi connectivity index (χ1n) is 16.6. The lowest BCUT2D eigenvalue weighted by atomic mass is 9.96. The number of hydrogen-bond acceptors (Lipinski definition) is 9. The van der Waals surface area contributed by atoms with Gasteiger partial charge in [-0.05, 0) is 61.6 Å². The highest BCUT2D eigenvalue weighted by Crippen LogP contribution is 2.34. The lowest BCUT2D eigenvalue weighted by molar-refractivity contribution is -0.274. The zero-order chi connectivity index (χ0) is 33.5. The molecule has 3 saturated heterocycles. The highest BCUT2D eigenvalue weighted by molar-refractivity contribution is 5.79. The molecule has 10 nitrogen and oxygen atoms in total. The quantitative estimate of drug-likeness (QED) is 0.288. The molecule has 13 heteroatoms. The van der Waals surface area contributed by atoms with Crippen LogP contribution in [0.5, 0.6) is 11.5 Å². The molecule has 0 aliphatic carbocycles. The van der Waals surface area contributed by atoms with Gasteiger partial charge in [-0.2, -0.15) is 0 Å². The Labute approximate surface area is 279 Å². The van der Waals surface area contributed by atoms with E-state index < -0.39 is 6.36 Å². The number of morpholine rings is 1. The fourth-order valence-corrected chi connectivity index (χ4v) is 6.80. The van der Waals surface area contributed by atoms with Crippen molar-refractivity contribution in [1.29, 1.82) is 0 Å². The third-order valence-corrected chi connectivity index (χ3v) is 9.36. The van der Waals surface area contributed by atoms with Gasteiger partial charge >= 0.3 is 6.36 Å². The normalized spacial score (nSPS) is 19.5. The summed E-state index contributed by atoms with van der Waals surface area (Å²) in [6.07, 6.45) is 0.893. The van der Waals surface area contributed by atoms with Gasteiger partial charge in [-0.15, -0.1) is 13.2 Å². The Hall–Kier alpha value is -4.23. The van der Waals surface area contributed by atoms with E-state index in [1.807, 2.05) is 18.2 Å². The van der Waals surface area contributed by atoms with Crippen LogP contribution in [-0.2, 0) is 16.1 Å². The number of carbonyl (C=O) groups is 1. The first kappa shape index (κ1) is 33.7. The maximum atomic E-state index is 13.1. The number of methoxy groups -OCH3 is 1. The molecule has 3 aliphatic heterocycles. The summed E-state index contributed by atoms with van der Waals surface area (Å²) in [5, 5.41) is 6.35. The van der Waals surface area contributed by atoms with Crippen molar-refractivity contribution in [1.82, 2.24) is 15.2 Å². The van der Waals surface area contributed by atoms with Crippen LogP contribution in [-0.4, -0.2) is 87.8 Å². The molecule has 4 heterocycles. The SMILES string of the molecule is COc1cc(N2CCC(N3CCOCC3)CC2)ccc1Nc1cc(N2CCC[C@H](C(=O)NCc3ccc(OC(F)(F)F)cc3)C2)ccn1. The average molecular weight is 669 g/mol. The van der Waals surface area contributed by atoms with Gasteiger partial charge in [0, 0.05) is 81.6 Å². The van der Waals surface area contributed by atoms with Crippen LogP contribution in [0, 0.1) is 5.92 Å². The minimum absolute atomic E-state index is 0.0853. The highest BCUT2D eigenvalue weighted by atomic mass is 19.4. The second-order valence-corrected chi connectivity index (χ2v) is 12.5. The molecule has 0 radical (unpaired) electrons. The van der Waals surface area contributed by atoms with Gasteiger partial charge in [0.05, 0.1) is 31.9 Å². The van der Waals surface area contributed by atoms with Crippen LogP contribution in [0.25, 0.3) is 0 Å². The number of amides is 1. The van der Waals surface area contributed by atoms with Gasteiger partial charge in [0.25, 0.3) is 0 Å². The second-order valence-electron chi connectivity index (χ2n) is 12.5. The Kier molecular flexibility index (Phi) is 10.8. The number of hydrogen-bond donors (Lipinski definition) is 2. The van der Waals surface area contributed by atoms with Crippen LogP contribution in [0.3, 0.4) is 0 Å². The highest BCUT2D eigenvalue weighted by Gasteiger charge is 2.31. The molecule has 3 fully saturated rings. The standard InChI is InChI=1S/C35H43F3N6O4/c1-46-32-21-28(42-15-11-27(12-16-42)43-17-19-47-20-18-43)6-9-31(32)41-33-22-29(10-13-39-33)44-14-2-3-26(24-44)34(45)40-23-25-4-7-30(8-5-25)48-35(36,37)38/h4-10,13,21-22,26-27H,2-3,11-12,14-20,23-24H2,1H3,(H,39,41)(H,40,45)/t26-/m0/s1. The maximum absolute atomic E-state index is 13.1. The summed E-state index contributed by atoms with van der Waals surface area (Å²) in [7, 11) is 1.68. The van der Waals surface area contributed by atoms with Crippen molar-refractivity contribution in [3.8, 4) is 11.5 Å². The molecule has 1 atom stereocenters. The molecule has 1 aromatic heterocycles. The number of alkyl halides is 3. The van der Waals surface area contributed by atoms with Gasteiger partial charge in [0.2, 0.25) is 5.91 Å². The van der Waals surface area contributed by atoms with E-state index >= 15 is 0 Å². The molecule has 48 heavy (non-hydrogen) atoms. The number of benzene rings is 2. The number of nitrogens with zero attached hydrogens (tertiary/aromatic N) is 4. The first-order valence-corrected chi connectivity index (χ1v) is 16.6. The number of aromatic nitrogens is 1.